The quantitative estimate of drug-likeness (QED) is 0.939. The van der Waals surface area contributed by atoms with Crippen LogP contribution in [-0.4, -0.2) is 16.2 Å². The Bertz CT molecular complexity index is 593. The minimum absolute atomic E-state index is 0. The van der Waals surface area contributed by atoms with Gasteiger partial charge >= 0.3 is 0 Å². The molecule has 0 spiro atoms. The number of benzene rings is 1. The Labute approximate surface area is 128 Å². The second kappa shape index (κ2) is 6.87. The van der Waals surface area contributed by atoms with Gasteiger partial charge in [-0.25, -0.2) is 4.39 Å². The smallest absolute Gasteiger partial charge is 0.229 e. The molecule has 2 unspecified atom stereocenters. The molecule has 1 aromatic heterocycles. The molecular formula is C14H17ClFN3O2. The first kappa shape index (κ1) is 15.7. The second-order valence-electron chi connectivity index (χ2n) is 5.04. The van der Waals surface area contributed by atoms with Crippen LogP contribution in [0, 0.1) is 5.82 Å². The van der Waals surface area contributed by atoms with E-state index in [0.29, 0.717) is 11.7 Å². The van der Waals surface area contributed by atoms with E-state index in [1.54, 1.807) is 18.2 Å². The van der Waals surface area contributed by atoms with E-state index in [9.17, 15) is 4.39 Å². The summed E-state index contributed by atoms with van der Waals surface area (Å²) < 4.78 is 23.9. The summed E-state index contributed by atoms with van der Waals surface area (Å²) >= 11 is 0. The van der Waals surface area contributed by atoms with E-state index < -0.39 is 5.82 Å². The van der Waals surface area contributed by atoms with Gasteiger partial charge in [0.05, 0.1) is 0 Å². The lowest BCUT2D eigenvalue weighted by Gasteiger charge is -2.03. The largest absolute Gasteiger partial charge is 0.482 e. The van der Waals surface area contributed by atoms with Gasteiger partial charge in [-0.2, -0.15) is 4.98 Å². The molecule has 1 saturated carbocycles. The fourth-order valence-corrected chi connectivity index (χ4v) is 2.44. The highest BCUT2D eigenvalue weighted by Crippen LogP contribution is 2.32. The number of ether oxygens (including phenoxy) is 1. The van der Waals surface area contributed by atoms with Gasteiger partial charge in [0.15, 0.2) is 18.2 Å². The van der Waals surface area contributed by atoms with Crippen molar-refractivity contribution in [2.24, 2.45) is 5.73 Å². The lowest BCUT2D eigenvalue weighted by atomic mass is 10.1. The Morgan fingerprint density at radius 2 is 2.14 bits per heavy atom. The summed E-state index contributed by atoms with van der Waals surface area (Å²) in [4.78, 5) is 4.29. The zero-order valence-electron chi connectivity index (χ0n) is 11.4. The predicted octanol–water partition coefficient (Wildman–Crippen LogP) is 2.80. The SMILES string of the molecule is Cl.NC1CCC(c2nc(COc3ccccc3F)no2)C1. The first-order valence-corrected chi connectivity index (χ1v) is 6.68. The van der Waals surface area contributed by atoms with Crippen LogP contribution in [0.15, 0.2) is 28.8 Å². The van der Waals surface area contributed by atoms with Gasteiger partial charge in [-0.15, -0.1) is 12.4 Å². The molecule has 0 amide bonds. The van der Waals surface area contributed by atoms with Crippen LogP contribution in [0.1, 0.15) is 36.9 Å². The summed E-state index contributed by atoms with van der Waals surface area (Å²) in [5, 5.41) is 3.86. The van der Waals surface area contributed by atoms with Gasteiger partial charge < -0.3 is 15.0 Å². The third-order valence-electron chi connectivity index (χ3n) is 3.50. The highest BCUT2D eigenvalue weighted by Gasteiger charge is 2.27. The van der Waals surface area contributed by atoms with E-state index >= 15 is 0 Å². The van der Waals surface area contributed by atoms with E-state index in [4.69, 9.17) is 15.0 Å². The lowest BCUT2D eigenvalue weighted by Crippen LogP contribution is -2.14. The van der Waals surface area contributed by atoms with Gasteiger partial charge in [0.25, 0.3) is 0 Å². The first-order valence-electron chi connectivity index (χ1n) is 6.68. The monoisotopic (exact) mass is 313 g/mol. The van der Waals surface area contributed by atoms with Crippen molar-refractivity contribution in [2.45, 2.75) is 37.8 Å². The van der Waals surface area contributed by atoms with Crippen LogP contribution in [-0.2, 0) is 6.61 Å². The van der Waals surface area contributed by atoms with Crippen LogP contribution in [0.4, 0.5) is 4.39 Å². The summed E-state index contributed by atoms with van der Waals surface area (Å²) in [5.41, 5.74) is 5.86. The van der Waals surface area contributed by atoms with Gasteiger partial charge in [0.1, 0.15) is 0 Å². The van der Waals surface area contributed by atoms with E-state index in [0.717, 1.165) is 19.3 Å². The zero-order chi connectivity index (χ0) is 13.9. The molecule has 0 radical (unpaired) electrons. The third-order valence-corrected chi connectivity index (χ3v) is 3.50. The molecule has 21 heavy (non-hydrogen) atoms. The molecule has 0 aliphatic heterocycles. The van der Waals surface area contributed by atoms with Gasteiger partial charge in [0, 0.05) is 12.0 Å². The van der Waals surface area contributed by atoms with Crippen LogP contribution in [0.2, 0.25) is 0 Å². The first-order chi connectivity index (χ1) is 9.72. The molecule has 1 fully saturated rings. The molecule has 0 saturated heterocycles. The van der Waals surface area contributed by atoms with Crippen molar-refractivity contribution in [3.8, 4) is 5.75 Å². The average molecular weight is 314 g/mol. The van der Waals surface area contributed by atoms with Crippen LogP contribution in [0.5, 0.6) is 5.75 Å². The summed E-state index contributed by atoms with van der Waals surface area (Å²) in [6.45, 7) is 0.0865. The standard InChI is InChI=1S/C14H16FN3O2.ClH/c15-11-3-1-2-4-12(11)19-8-13-17-14(20-18-13)9-5-6-10(16)7-9;/h1-4,9-10H,5-8,16H2;1H. The molecule has 1 aliphatic rings. The predicted molar refractivity (Wildman–Crippen MR) is 76.8 cm³/mol. The summed E-state index contributed by atoms with van der Waals surface area (Å²) in [6.07, 6.45) is 2.82. The Hall–Kier alpha value is -1.66. The van der Waals surface area contributed by atoms with E-state index in [1.165, 1.54) is 6.07 Å². The zero-order valence-corrected chi connectivity index (χ0v) is 12.2. The van der Waals surface area contributed by atoms with Gasteiger partial charge in [-0.1, -0.05) is 17.3 Å². The number of nitrogens with two attached hydrogens (primary N) is 1. The van der Waals surface area contributed by atoms with E-state index in [1.807, 2.05) is 0 Å². The Kier molecular flexibility index (Phi) is 5.14. The summed E-state index contributed by atoms with van der Waals surface area (Å²) in [7, 11) is 0. The molecule has 7 heteroatoms. The molecule has 1 aromatic carbocycles. The number of halogens is 2. The molecule has 3 rings (SSSR count). The Morgan fingerprint density at radius 1 is 1.33 bits per heavy atom. The molecule has 114 valence electrons. The fraction of sp³-hybridized carbons (Fsp3) is 0.429. The van der Waals surface area contributed by atoms with Crippen molar-refractivity contribution in [3.63, 3.8) is 0 Å². The maximum atomic E-state index is 13.4. The third kappa shape index (κ3) is 3.71. The van der Waals surface area contributed by atoms with Crippen molar-refractivity contribution in [3.05, 3.63) is 41.8 Å². The highest BCUT2D eigenvalue weighted by atomic mass is 35.5. The lowest BCUT2D eigenvalue weighted by molar-refractivity contribution is 0.271. The Morgan fingerprint density at radius 3 is 2.86 bits per heavy atom. The number of nitrogens with zero attached hydrogens (tertiary/aromatic N) is 2. The van der Waals surface area contributed by atoms with Crippen LogP contribution in [0.25, 0.3) is 0 Å². The molecule has 1 aliphatic carbocycles. The van der Waals surface area contributed by atoms with E-state index in [-0.39, 0.29) is 36.7 Å². The van der Waals surface area contributed by atoms with Crippen molar-refractivity contribution >= 4 is 12.4 Å². The Balaban J connectivity index is 0.00000161. The minimum Gasteiger partial charge on any atom is -0.482 e. The molecule has 2 aromatic rings. The maximum Gasteiger partial charge on any atom is 0.229 e. The number of rotatable bonds is 4. The van der Waals surface area contributed by atoms with Crippen molar-refractivity contribution < 1.29 is 13.7 Å². The van der Waals surface area contributed by atoms with Crippen molar-refractivity contribution in [2.75, 3.05) is 0 Å². The number of hydrogen-bond donors (Lipinski definition) is 1. The van der Waals surface area contributed by atoms with Crippen LogP contribution in [0.3, 0.4) is 0 Å². The van der Waals surface area contributed by atoms with Crippen molar-refractivity contribution in [1.29, 1.82) is 0 Å². The topological polar surface area (TPSA) is 74.2 Å². The van der Waals surface area contributed by atoms with Crippen molar-refractivity contribution in [1.82, 2.24) is 10.1 Å². The van der Waals surface area contributed by atoms with Crippen LogP contribution < -0.4 is 10.5 Å². The van der Waals surface area contributed by atoms with Crippen LogP contribution >= 0.6 is 12.4 Å². The second-order valence-corrected chi connectivity index (χ2v) is 5.04. The summed E-state index contributed by atoms with van der Waals surface area (Å²) in [5.74, 6) is 1.04. The molecule has 0 bridgehead atoms. The van der Waals surface area contributed by atoms with Gasteiger partial charge in [0.2, 0.25) is 11.7 Å². The fourth-order valence-electron chi connectivity index (χ4n) is 2.44. The van der Waals surface area contributed by atoms with E-state index in [2.05, 4.69) is 10.1 Å². The molecule has 1 heterocycles. The average Bonchev–Trinajstić information content (AvgIpc) is 3.06. The number of para-hydroxylation sites is 1. The number of hydrogen-bond acceptors (Lipinski definition) is 5. The molecule has 2 atom stereocenters. The molecule has 5 nitrogen and oxygen atoms in total. The maximum absolute atomic E-state index is 13.4. The minimum atomic E-state index is -0.405. The summed E-state index contributed by atoms with van der Waals surface area (Å²) in [6, 6.07) is 6.44. The number of aromatic nitrogens is 2. The van der Waals surface area contributed by atoms with Gasteiger partial charge in [-0.05, 0) is 31.4 Å². The molecular weight excluding hydrogens is 297 g/mol. The normalized spacial score (nSPS) is 21.0. The molecule has 2 N–H and O–H groups in total. The van der Waals surface area contributed by atoms with Gasteiger partial charge in [-0.3, -0.25) is 0 Å². The highest BCUT2D eigenvalue weighted by molar-refractivity contribution is 5.85.